The van der Waals surface area contributed by atoms with Gasteiger partial charge < -0.3 is 0 Å². The Bertz CT molecular complexity index is 734. The summed E-state index contributed by atoms with van der Waals surface area (Å²) >= 11 is 0. The van der Waals surface area contributed by atoms with Gasteiger partial charge in [-0.25, -0.2) is 0 Å². The first-order valence-electron chi connectivity index (χ1n) is 7.73. The first kappa shape index (κ1) is 16.2. The molecule has 2 aromatic rings. The van der Waals surface area contributed by atoms with Gasteiger partial charge >= 0.3 is 0 Å². The van der Waals surface area contributed by atoms with Crippen molar-refractivity contribution in [2.75, 3.05) is 0 Å². The molecule has 0 nitrogen and oxygen atoms in total. The highest BCUT2D eigenvalue weighted by Crippen LogP contribution is 2.19. The predicted molar refractivity (Wildman–Crippen MR) is 96.6 cm³/mol. The second-order valence-corrected chi connectivity index (χ2v) is 7.78. The van der Waals surface area contributed by atoms with Crippen LogP contribution in [0.2, 0.25) is 0 Å². The minimum Gasteiger partial charge on any atom is -0.0920 e. The Balaban J connectivity index is 2.42. The van der Waals surface area contributed by atoms with Crippen molar-refractivity contribution in [1.82, 2.24) is 0 Å². The lowest BCUT2D eigenvalue weighted by atomic mass is 9.96. The molecule has 0 heteroatoms. The standard InChI is InChI=1S/C22H24/c1-21(2,3)13-11-17-7-9-19-10-8-18(16-20(19)15-17)12-14-22(4,5)6/h7-10,15-16H,1-6H3. The maximum atomic E-state index is 3.28. The minimum atomic E-state index is 0.0228. The van der Waals surface area contributed by atoms with Crippen molar-refractivity contribution in [3.8, 4) is 23.7 Å². The molecule has 22 heavy (non-hydrogen) atoms. The van der Waals surface area contributed by atoms with Crippen LogP contribution in [-0.2, 0) is 0 Å². The summed E-state index contributed by atoms with van der Waals surface area (Å²) in [5.74, 6) is 13.1. The van der Waals surface area contributed by atoms with Crippen LogP contribution in [0.15, 0.2) is 36.4 Å². The van der Waals surface area contributed by atoms with Gasteiger partial charge in [-0.05, 0) is 76.6 Å². The molecule has 0 saturated heterocycles. The second kappa shape index (κ2) is 5.90. The van der Waals surface area contributed by atoms with Gasteiger partial charge in [-0.2, -0.15) is 0 Å². The van der Waals surface area contributed by atoms with Gasteiger partial charge in [0.25, 0.3) is 0 Å². The normalized spacial score (nSPS) is 11.4. The van der Waals surface area contributed by atoms with E-state index in [4.69, 9.17) is 0 Å². The zero-order chi connectivity index (χ0) is 16.4. The van der Waals surface area contributed by atoms with E-state index in [-0.39, 0.29) is 10.8 Å². The summed E-state index contributed by atoms with van der Waals surface area (Å²) in [5.41, 5.74) is 2.16. The fourth-order valence-corrected chi connectivity index (χ4v) is 1.92. The zero-order valence-electron chi connectivity index (χ0n) is 14.5. The van der Waals surface area contributed by atoms with Gasteiger partial charge in [0.2, 0.25) is 0 Å². The topological polar surface area (TPSA) is 0 Å². The molecule has 0 amide bonds. The molecule has 0 radical (unpaired) electrons. The highest BCUT2D eigenvalue weighted by atomic mass is 14.1. The van der Waals surface area contributed by atoms with E-state index in [0.717, 1.165) is 11.1 Å². The summed E-state index contributed by atoms with van der Waals surface area (Å²) in [4.78, 5) is 0. The molecule has 0 saturated carbocycles. The number of hydrogen-bond acceptors (Lipinski definition) is 0. The Morgan fingerprint density at radius 2 is 1.00 bits per heavy atom. The second-order valence-electron chi connectivity index (χ2n) is 7.78. The number of fused-ring (bicyclic) bond motifs is 1. The van der Waals surface area contributed by atoms with Crippen molar-refractivity contribution in [2.24, 2.45) is 10.8 Å². The van der Waals surface area contributed by atoms with Crippen LogP contribution in [0.25, 0.3) is 10.8 Å². The molecule has 2 rings (SSSR count). The first-order chi connectivity index (χ1) is 10.1. The van der Waals surface area contributed by atoms with Crippen molar-refractivity contribution in [3.63, 3.8) is 0 Å². The molecule has 0 fully saturated rings. The lowest BCUT2D eigenvalue weighted by Gasteiger charge is -2.07. The van der Waals surface area contributed by atoms with Gasteiger partial charge in [0.15, 0.2) is 0 Å². The van der Waals surface area contributed by atoms with E-state index >= 15 is 0 Å². The highest BCUT2D eigenvalue weighted by molar-refractivity contribution is 5.85. The van der Waals surface area contributed by atoms with Gasteiger partial charge in [-0.1, -0.05) is 35.8 Å². The van der Waals surface area contributed by atoms with Gasteiger partial charge in [0.05, 0.1) is 0 Å². The molecule has 0 aromatic heterocycles. The Hall–Kier alpha value is -2.18. The Morgan fingerprint density at radius 3 is 1.36 bits per heavy atom. The molecule has 0 bridgehead atoms. The molecule has 0 atom stereocenters. The highest BCUT2D eigenvalue weighted by Gasteiger charge is 2.05. The molecule has 0 aliphatic rings. The van der Waals surface area contributed by atoms with Crippen LogP contribution in [0.1, 0.15) is 52.7 Å². The molecule has 0 aliphatic carbocycles. The van der Waals surface area contributed by atoms with E-state index < -0.39 is 0 Å². The van der Waals surface area contributed by atoms with Crippen molar-refractivity contribution in [1.29, 1.82) is 0 Å². The van der Waals surface area contributed by atoms with E-state index in [1.165, 1.54) is 10.8 Å². The van der Waals surface area contributed by atoms with Crippen LogP contribution in [0.5, 0.6) is 0 Å². The van der Waals surface area contributed by atoms with Gasteiger partial charge in [-0.15, -0.1) is 0 Å². The third kappa shape index (κ3) is 4.98. The average Bonchev–Trinajstić information content (AvgIpc) is 2.41. The zero-order valence-corrected chi connectivity index (χ0v) is 14.5. The Labute approximate surface area is 134 Å². The fourth-order valence-electron chi connectivity index (χ4n) is 1.92. The summed E-state index contributed by atoms with van der Waals surface area (Å²) in [5, 5.41) is 2.42. The molecular formula is C22H24. The molecule has 0 N–H and O–H groups in total. The smallest absolute Gasteiger partial charge is 0.0251 e. The third-order valence-electron chi connectivity index (χ3n) is 3.00. The summed E-state index contributed by atoms with van der Waals surface area (Å²) in [6.07, 6.45) is 0. The number of benzene rings is 2. The SMILES string of the molecule is CC(C)(C)C#Cc1ccc2ccc(C#CC(C)(C)C)cc2c1. The lowest BCUT2D eigenvalue weighted by Crippen LogP contribution is -1.99. The fraction of sp³-hybridized carbons (Fsp3) is 0.364. The van der Waals surface area contributed by atoms with E-state index in [9.17, 15) is 0 Å². The number of rotatable bonds is 0. The van der Waals surface area contributed by atoms with Crippen molar-refractivity contribution >= 4 is 10.8 Å². The minimum absolute atomic E-state index is 0.0228. The maximum Gasteiger partial charge on any atom is 0.0251 e. The quantitative estimate of drug-likeness (QED) is 0.551. The van der Waals surface area contributed by atoms with Gasteiger partial charge in [-0.3, -0.25) is 0 Å². The van der Waals surface area contributed by atoms with Gasteiger partial charge in [0, 0.05) is 22.0 Å². The van der Waals surface area contributed by atoms with E-state index in [0.29, 0.717) is 0 Å². The van der Waals surface area contributed by atoms with E-state index in [2.05, 4.69) is 102 Å². The summed E-state index contributed by atoms with van der Waals surface area (Å²) in [6, 6.07) is 12.7. The van der Waals surface area contributed by atoms with Crippen molar-refractivity contribution in [3.05, 3.63) is 47.5 Å². The Kier molecular flexibility index (Phi) is 4.35. The molecule has 0 aliphatic heterocycles. The Morgan fingerprint density at radius 1 is 0.591 bits per heavy atom. The lowest BCUT2D eigenvalue weighted by molar-refractivity contribution is 0.570. The van der Waals surface area contributed by atoms with Crippen LogP contribution in [0.3, 0.4) is 0 Å². The molecule has 0 spiro atoms. The molecule has 0 heterocycles. The largest absolute Gasteiger partial charge is 0.0920 e. The molecule has 0 unspecified atom stereocenters. The van der Waals surface area contributed by atoms with Crippen LogP contribution in [0.4, 0.5) is 0 Å². The van der Waals surface area contributed by atoms with Crippen LogP contribution >= 0.6 is 0 Å². The average molecular weight is 288 g/mol. The molecular weight excluding hydrogens is 264 g/mol. The summed E-state index contributed by atoms with van der Waals surface area (Å²) < 4.78 is 0. The van der Waals surface area contributed by atoms with Crippen LogP contribution in [0, 0.1) is 34.5 Å². The molecule has 112 valence electrons. The van der Waals surface area contributed by atoms with E-state index in [1.54, 1.807) is 0 Å². The van der Waals surface area contributed by atoms with Crippen LogP contribution < -0.4 is 0 Å². The monoisotopic (exact) mass is 288 g/mol. The maximum absolute atomic E-state index is 3.28. The predicted octanol–water partition coefficient (Wildman–Crippen LogP) is 5.64. The number of hydrogen-bond donors (Lipinski definition) is 0. The third-order valence-corrected chi connectivity index (χ3v) is 3.00. The summed E-state index contributed by atoms with van der Waals surface area (Å²) in [7, 11) is 0. The van der Waals surface area contributed by atoms with Gasteiger partial charge in [0.1, 0.15) is 0 Å². The van der Waals surface area contributed by atoms with Crippen molar-refractivity contribution < 1.29 is 0 Å². The van der Waals surface area contributed by atoms with Crippen LogP contribution in [-0.4, -0.2) is 0 Å². The van der Waals surface area contributed by atoms with E-state index in [1.807, 2.05) is 0 Å². The van der Waals surface area contributed by atoms with Crippen molar-refractivity contribution in [2.45, 2.75) is 41.5 Å². The molecule has 2 aromatic carbocycles. The summed E-state index contributed by atoms with van der Waals surface area (Å²) in [6.45, 7) is 12.8. The first-order valence-corrected chi connectivity index (χ1v) is 7.73.